The van der Waals surface area contributed by atoms with Gasteiger partial charge in [-0.15, -0.1) is 0 Å². The second kappa shape index (κ2) is 9.71. The fraction of sp³-hybridized carbons (Fsp3) is 0.480. The SMILES string of the molecule is COc1cc2c(cc1OC)CN(C(=O)CN1CCN(Cc3ccccc3C)CC1)CC2. The van der Waals surface area contributed by atoms with Crippen molar-refractivity contribution in [1.82, 2.24) is 14.7 Å². The number of carbonyl (C=O) groups excluding carboxylic acids is 1. The largest absolute Gasteiger partial charge is 0.493 e. The van der Waals surface area contributed by atoms with Crippen LogP contribution in [0.1, 0.15) is 22.3 Å². The van der Waals surface area contributed by atoms with Gasteiger partial charge in [-0.3, -0.25) is 14.6 Å². The summed E-state index contributed by atoms with van der Waals surface area (Å²) in [4.78, 5) is 19.7. The highest BCUT2D eigenvalue weighted by Gasteiger charge is 2.26. The molecule has 0 N–H and O–H groups in total. The molecule has 6 heteroatoms. The predicted octanol–water partition coefficient (Wildman–Crippen LogP) is 2.71. The van der Waals surface area contributed by atoms with Crippen molar-refractivity contribution >= 4 is 5.91 Å². The maximum absolute atomic E-state index is 13.0. The van der Waals surface area contributed by atoms with Gasteiger partial charge >= 0.3 is 0 Å². The lowest BCUT2D eigenvalue weighted by Gasteiger charge is -2.36. The minimum absolute atomic E-state index is 0.216. The zero-order valence-electron chi connectivity index (χ0n) is 18.9. The average molecular weight is 424 g/mol. The topological polar surface area (TPSA) is 45.3 Å². The Bertz CT molecular complexity index is 922. The number of nitrogens with zero attached hydrogens (tertiary/aromatic N) is 3. The third-order valence-corrected chi connectivity index (χ3v) is 6.55. The van der Waals surface area contributed by atoms with Gasteiger partial charge < -0.3 is 14.4 Å². The Morgan fingerprint density at radius 1 is 0.903 bits per heavy atom. The predicted molar refractivity (Wildman–Crippen MR) is 122 cm³/mol. The van der Waals surface area contributed by atoms with Crippen molar-refractivity contribution in [2.45, 2.75) is 26.4 Å². The molecular weight excluding hydrogens is 390 g/mol. The minimum Gasteiger partial charge on any atom is -0.493 e. The Balaban J connectivity index is 1.29. The van der Waals surface area contributed by atoms with Gasteiger partial charge in [0, 0.05) is 45.8 Å². The van der Waals surface area contributed by atoms with Gasteiger partial charge in [-0.2, -0.15) is 0 Å². The molecule has 2 aliphatic rings. The fourth-order valence-electron chi connectivity index (χ4n) is 4.52. The van der Waals surface area contributed by atoms with E-state index >= 15 is 0 Å². The number of carbonyl (C=O) groups is 1. The molecule has 2 heterocycles. The van der Waals surface area contributed by atoms with Crippen LogP contribution in [0, 0.1) is 6.92 Å². The Kier molecular flexibility index (Phi) is 6.78. The van der Waals surface area contributed by atoms with Gasteiger partial charge in [0.25, 0.3) is 0 Å². The Hall–Kier alpha value is -2.57. The van der Waals surface area contributed by atoms with Crippen molar-refractivity contribution in [3.05, 3.63) is 58.7 Å². The van der Waals surface area contributed by atoms with Gasteiger partial charge in [0.1, 0.15) is 0 Å². The van der Waals surface area contributed by atoms with Crippen LogP contribution in [0.4, 0.5) is 0 Å². The summed E-state index contributed by atoms with van der Waals surface area (Å²) in [6.07, 6.45) is 0.853. The Labute approximate surface area is 185 Å². The van der Waals surface area contributed by atoms with Gasteiger partial charge in [-0.1, -0.05) is 24.3 Å². The van der Waals surface area contributed by atoms with Crippen LogP contribution < -0.4 is 9.47 Å². The van der Waals surface area contributed by atoms with Crippen molar-refractivity contribution in [2.75, 3.05) is 53.5 Å². The Morgan fingerprint density at radius 3 is 2.23 bits per heavy atom. The molecule has 2 aromatic rings. The molecule has 0 atom stereocenters. The maximum Gasteiger partial charge on any atom is 0.237 e. The molecule has 1 amide bonds. The highest BCUT2D eigenvalue weighted by atomic mass is 16.5. The van der Waals surface area contributed by atoms with E-state index in [1.54, 1.807) is 14.2 Å². The van der Waals surface area contributed by atoms with Crippen LogP contribution in [0.15, 0.2) is 36.4 Å². The molecule has 2 aromatic carbocycles. The van der Waals surface area contributed by atoms with Crippen LogP contribution >= 0.6 is 0 Å². The first-order valence-electron chi connectivity index (χ1n) is 11.1. The van der Waals surface area contributed by atoms with Crippen LogP contribution in [0.3, 0.4) is 0 Å². The van der Waals surface area contributed by atoms with Gasteiger partial charge in [0.2, 0.25) is 5.91 Å². The molecule has 2 aliphatic heterocycles. The molecule has 1 fully saturated rings. The van der Waals surface area contributed by atoms with Gasteiger partial charge in [0.15, 0.2) is 11.5 Å². The smallest absolute Gasteiger partial charge is 0.237 e. The summed E-state index contributed by atoms with van der Waals surface area (Å²) < 4.78 is 10.9. The summed E-state index contributed by atoms with van der Waals surface area (Å²) in [5.74, 6) is 1.69. The number of ether oxygens (including phenoxy) is 2. The van der Waals surface area contributed by atoms with E-state index in [0.29, 0.717) is 13.1 Å². The van der Waals surface area contributed by atoms with Crippen molar-refractivity contribution < 1.29 is 14.3 Å². The molecule has 0 aliphatic carbocycles. The lowest BCUT2D eigenvalue weighted by Crippen LogP contribution is -2.50. The number of benzene rings is 2. The third kappa shape index (κ3) is 5.02. The molecule has 0 bridgehead atoms. The number of fused-ring (bicyclic) bond motifs is 1. The van der Waals surface area contributed by atoms with E-state index < -0.39 is 0 Å². The number of rotatable bonds is 6. The summed E-state index contributed by atoms with van der Waals surface area (Å²) in [5.41, 5.74) is 5.14. The van der Waals surface area contributed by atoms with E-state index in [1.165, 1.54) is 16.7 Å². The van der Waals surface area contributed by atoms with E-state index in [2.05, 4.69) is 41.0 Å². The van der Waals surface area contributed by atoms with Crippen LogP contribution in [-0.4, -0.2) is 74.1 Å². The third-order valence-electron chi connectivity index (χ3n) is 6.55. The number of amides is 1. The number of methoxy groups -OCH3 is 2. The lowest BCUT2D eigenvalue weighted by molar-refractivity contribution is -0.133. The minimum atomic E-state index is 0.216. The number of hydrogen-bond acceptors (Lipinski definition) is 5. The molecule has 1 saturated heterocycles. The molecule has 0 aromatic heterocycles. The first-order chi connectivity index (χ1) is 15.1. The van der Waals surface area contributed by atoms with E-state index in [0.717, 1.165) is 62.8 Å². The molecule has 0 unspecified atom stereocenters. The van der Waals surface area contributed by atoms with Crippen molar-refractivity contribution in [3.8, 4) is 11.5 Å². The molecule has 0 saturated carbocycles. The summed E-state index contributed by atoms with van der Waals surface area (Å²) in [5, 5.41) is 0. The molecular formula is C25H33N3O3. The summed E-state index contributed by atoms with van der Waals surface area (Å²) >= 11 is 0. The quantitative estimate of drug-likeness (QED) is 0.715. The number of aryl methyl sites for hydroxylation is 1. The van der Waals surface area contributed by atoms with Crippen molar-refractivity contribution in [1.29, 1.82) is 0 Å². The lowest BCUT2D eigenvalue weighted by atomic mass is 9.98. The fourth-order valence-corrected chi connectivity index (χ4v) is 4.52. The first kappa shape index (κ1) is 21.7. The summed E-state index contributed by atoms with van der Waals surface area (Å²) in [6.45, 7) is 8.94. The second-order valence-corrected chi connectivity index (χ2v) is 8.52. The zero-order valence-corrected chi connectivity index (χ0v) is 18.9. The maximum atomic E-state index is 13.0. The Morgan fingerprint density at radius 2 is 1.55 bits per heavy atom. The highest BCUT2D eigenvalue weighted by molar-refractivity contribution is 5.78. The van der Waals surface area contributed by atoms with Crippen LogP contribution in [0.5, 0.6) is 11.5 Å². The molecule has 31 heavy (non-hydrogen) atoms. The molecule has 6 nitrogen and oxygen atoms in total. The second-order valence-electron chi connectivity index (χ2n) is 8.52. The van der Waals surface area contributed by atoms with E-state index in [9.17, 15) is 4.79 Å². The first-order valence-corrected chi connectivity index (χ1v) is 11.1. The van der Waals surface area contributed by atoms with E-state index in [-0.39, 0.29) is 5.91 Å². The highest BCUT2D eigenvalue weighted by Crippen LogP contribution is 2.33. The monoisotopic (exact) mass is 423 g/mol. The van der Waals surface area contributed by atoms with Crippen molar-refractivity contribution in [2.24, 2.45) is 0 Å². The van der Waals surface area contributed by atoms with Gasteiger partial charge in [-0.25, -0.2) is 0 Å². The van der Waals surface area contributed by atoms with Crippen molar-refractivity contribution in [3.63, 3.8) is 0 Å². The molecule has 0 radical (unpaired) electrons. The van der Waals surface area contributed by atoms with Gasteiger partial charge in [0.05, 0.1) is 20.8 Å². The molecule has 0 spiro atoms. The van der Waals surface area contributed by atoms with Gasteiger partial charge in [-0.05, 0) is 47.7 Å². The standard InChI is InChI=1S/C25H33N3O3/c1-19-6-4-5-7-21(19)16-26-10-12-27(13-11-26)18-25(29)28-9-8-20-14-23(30-2)24(31-3)15-22(20)17-28/h4-7,14-15H,8-13,16-18H2,1-3H3. The van der Waals surface area contributed by atoms with Crippen LogP contribution in [-0.2, 0) is 24.3 Å². The van der Waals surface area contributed by atoms with Crippen LogP contribution in [0.2, 0.25) is 0 Å². The molecule has 4 rings (SSSR count). The van der Waals surface area contributed by atoms with Crippen LogP contribution in [0.25, 0.3) is 0 Å². The van der Waals surface area contributed by atoms with E-state index in [1.807, 2.05) is 17.0 Å². The average Bonchev–Trinajstić information content (AvgIpc) is 2.80. The normalized spacial score (nSPS) is 17.3. The summed E-state index contributed by atoms with van der Waals surface area (Å²) in [6, 6.07) is 12.6. The number of hydrogen-bond donors (Lipinski definition) is 0. The molecule has 166 valence electrons. The number of piperazine rings is 1. The zero-order chi connectivity index (χ0) is 21.8. The summed E-state index contributed by atoms with van der Waals surface area (Å²) in [7, 11) is 3.30. The van der Waals surface area contributed by atoms with E-state index in [4.69, 9.17) is 9.47 Å².